The number of rotatable bonds is 2. The number of nitrogens with two attached hydrogens (primary N) is 1. The molecular weight excluding hydrogens is 328 g/mol. The summed E-state index contributed by atoms with van der Waals surface area (Å²) in [6, 6.07) is 3.53. The summed E-state index contributed by atoms with van der Waals surface area (Å²) >= 11 is 3.42. The number of piperidine rings is 1. The third kappa shape index (κ3) is 3.02. The average Bonchev–Trinajstić information content (AvgIpc) is 2.33. The molecule has 0 bridgehead atoms. The van der Waals surface area contributed by atoms with Gasteiger partial charge in [-0.3, -0.25) is 0 Å². The van der Waals surface area contributed by atoms with E-state index in [1.807, 2.05) is 19.9 Å². The van der Waals surface area contributed by atoms with Gasteiger partial charge in [0.2, 0.25) is 10.0 Å². The Kier molecular flexibility index (Phi) is 4.35. The van der Waals surface area contributed by atoms with Crippen molar-refractivity contribution in [3.8, 4) is 0 Å². The highest BCUT2D eigenvalue weighted by molar-refractivity contribution is 9.10. The first kappa shape index (κ1) is 15.0. The summed E-state index contributed by atoms with van der Waals surface area (Å²) in [5, 5.41) is 0. The fourth-order valence-corrected chi connectivity index (χ4v) is 4.65. The Bertz CT molecular complexity index is 587. The van der Waals surface area contributed by atoms with Crippen LogP contribution in [-0.2, 0) is 10.0 Å². The van der Waals surface area contributed by atoms with E-state index in [-0.39, 0.29) is 6.04 Å². The van der Waals surface area contributed by atoms with E-state index < -0.39 is 10.0 Å². The number of hydrogen-bond donors (Lipinski definition) is 1. The average molecular weight is 347 g/mol. The lowest BCUT2D eigenvalue weighted by atomic mass is 10.1. The number of hydrogen-bond acceptors (Lipinski definition) is 3. The second-order valence-electron chi connectivity index (χ2n) is 5.13. The van der Waals surface area contributed by atoms with Gasteiger partial charge in [-0.15, -0.1) is 0 Å². The van der Waals surface area contributed by atoms with Crippen LogP contribution >= 0.6 is 15.9 Å². The summed E-state index contributed by atoms with van der Waals surface area (Å²) < 4.78 is 27.8. The van der Waals surface area contributed by atoms with E-state index in [4.69, 9.17) is 5.73 Å². The number of sulfonamides is 1. The molecule has 4 nitrogen and oxygen atoms in total. The molecule has 0 saturated carbocycles. The Balaban J connectivity index is 2.42. The SMILES string of the molecule is Cc1cc(S(=O)(=O)N2CCCC(N)C2)c(C)cc1Br. The van der Waals surface area contributed by atoms with Crippen LogP contribution in [0.4, 0.5) is 0 Å². The van der Waals surface area contributed by atoms with E-state index in [2.05, 4.69) is 15.9 Å². The van der Waals surface area contributed by atoms with Crippen LogP contribution in [-0.4, -0.2) is 31.9 Å². The first-order valence-electron chi connectivity index (χ1n) is 6.35. The monoisotopic (exact) mass is 346 g/mol. The van der Waals surface area contributed by atoms with Crippen molar-refractivity contribution in [2.45, 2.75) is 37.6 Å². The molecule has 6 heteroatoms. The van der Waals surface area contributed by atoms with Gasteiger partial charge in [-0.05, 0) is 49.9 Å². The number of benzene rings is 1. The summed E-state index contributed by atoms with van der Waals surface area (Å²) in [7, 11) is -3.43. The molecule has 1 aromatic rings. The molecule has 0 aromatic heterocycles. The normalized spacial score (nSPS) is 21.6. The van der Waals surface area contributed by atoms with Crippen molar-refractivity contribution in [2.75, 3.05) is 13.1 Å². The summed E-state index contributed by atoms with van der Waals surface area (Å²) in [5.41, 5.74) is 7.56. The largest absolute Gasteiger partial charge is 0.327 e. The molecule has 1 atom stereocenters. The zero-order valence-corrected chi connectivity index (χ0v) is 13.6. The van der Waals surface area contributed by atoms with Crippen molar-refractivity contribution in [1.82, 2.24) is 4.31 Å². The fraction of sp³-hybridized carbons (Fsp3) is 0.538. The Labute approximate surface area is 123 Å². The lowest BCUT2D eigenvalue weighted by molar-refractivity contribution is 0.316. The highest BCUT2D eigenvalue weighted by Gasteiger charge is 2.30. The van der Waals surface area contributed by atoms with Gasteiger partial charge in [0.25, 0.3) is 0 Å². The minimum Gasteiger partial charge on any atom is -0.327 e. The maximum atomic E-state index is 12.7. The third-order valence-corrected chi connectivity index (χ3v) is 6.36. The molecule has 0 aliphatic carbocycles. The predicted octanol–water partition coefficient (Wildman–Crippen LogP) is 2.18. The van der Waals surface area contributed by atoms with Gasteiger partial charge in [0.15, 0.2) is 0 Å². The standard InChI is InChI=1S/C13H19BrN2O2S/c1-9-7-13(10(2)6-12(9)14)19(17,18)16-5-3-4-11(15)8-16/h6-7,11H,3-5,8,15H2,1-2H3. The summed E-state index contributed by atoms with van der Waals surface area (Å²) in [4.78, 5) is 0.391. The Morgan fingerprint density at radius 1 is 1.32 bits per heavy atom. The van der Waals surface area contributed by atoms with Crippen molar-refractivity contribution in [3.05, 3.63) is 27.7 Å². The lowest BCUT2D eigenvalue weighted by Gasteiger charge is -2.30. The highest BCUT2D eigenvalue weighted by atomic mass is 79.9. The molecule has 1 fully saturated rings. The Morgan fingerprint density at radius 3 is 2.63 bits per heavy atom. The molecule has 0 radical (unpaired) electrons. The van der Waals surface area contributed by atoms with Crippen LogP contribution in [0.2, 0.25) is 0 Å². The molecule has 1 aromatic carbocycles. The minimum absolute atomic E-state index is 0.0552. The second kappa shape index (κ2) is 5.52. The number of halogens is 1. The Morgan fingerprint density at radius 2 is 2.00 bits per heavy atom. The molecular formula is C13H19BrN2O2S. The van der Waals surface area contributed by atoms with E-state index >= 15 is 0 Å². The number of aryl methyl sites for hydroxylation is 2. The first-order chi connectivity index (χ1) is 8.82. The molecule has 19 heavy (non-hydrogen) atoms. The van der Waals surface area contributed by atoms with Crippen molar-refractivity contribution in [1.29, 1.82) is 0 Å². The smallest absolute Gasteiger partial charge is 0.243 e. The highest BCUT2D eigenvalue weighted by Crippen LogP contribution is 2.27. The molecule has 1 saturated heterocycles. The molecule has 0 spiro atoms. The molecule has 1 aliphatic rings. The van der Waals surface area contributed by atoms with Crippen molar-refractivity contribution in [2.24, 2.45) is 5.73 Å². The van der Waals surface area contributed by atoms with Crippen LogP contribution in [0.25, 0.3) is 0 Å². The van der Waals surface area contributed by atoms with Gasteiger partial charge in [-0.2, -0.15) is 4.31 Å². The number of nitrogens with zero attached hydrogens (tertiary/aromatic N) is 1. The fourth-order valence-electron chi connectivity index (χ4n) is 2.36. The molecule has 1 heterocycles. The molecule has 2 N–H and O–H groups in total. The predicted molar refractivity (Wildman–Crippen MR) is 79.6 cm³/mol. The van der Waals surface area contributed by atoms with E-state index in [0.29, 0.717) is 18.0 Å². The lowest BCUT2D eigenvalue weighted by Crippen LogP contribution is -2.45. The maximum absolute atomic E-state index is 12.7. The molecule has 1 aliphatic heterocycles. The van der Waals surface area contributed by atoms with Crippen LogP contribution in [0.3, 0.4) is 0 Å². The van der Waals surface area contributed by atoms with Crippen LogP contribution in [0.1, 0.15) is 24.0 Å². The van der Waals surface area contributed by atoms with Gasteiger partial charge in [-0.25, -0.2) is 8.42 Å². The van der Waals surface area contributed by atoms with Gasteiger partial charge < -0.3 is 5.73 Å². The third-order valence-electron chi connectivity index (χ3n) is 3.49. The van der Waals surface area contributed by atoms with Gasteiger partial charge in [0, 0.05) is 23.6 Å². The van der Waals surface area contributed by atoms with Crippen LogP contribution in [0.15, 0.2) is 21.5 Å². The van der Waals surface area contributed by atoms with Crippen LogP contribution < -0.4 is 5.73 Å². The van der Waals surface area contributed by atoms with Gasteiger partial charge >= 0.3 is 0 Å². The van der Waals surface area contributed by atoms with E-state index in [9.17, 15) is 8.42 Å². The van der Waals surface area contributed by atoms with E-state index in [0.717, 1.165) is 28.4 Å². The second-order valence-corrected chi connectivity index (χ2v) is 7.89. The minimum atomic E-state index is -3.43. The summed E-state index contributed by atoms with van der Waals surface area (Å²) in [5.74, 6) is 0. The summed E-state index contributed by atoms with van der Waals surface area (Å²) in [6.45, 7) is 4.69. The molecule has 0 amide bonds. The van der Waals surface area contributed by atoms with Gasteiger partial charge in [-0.1, -0.05) is 15.9 Å². The van der Waals surface area contributed by atoms with Gasteiger partial charge in [0.05, 0.1) is 4.90 Å². The van der Waals surface area contributed by atoms with Crippen LogP contribution in [0.5, 0.6) is 0 Å². The first-order valence-corrected chi connectivity index (χ1v) is 8.58. The van der Waals surface area contributed by atoms with Crippen molar-refractivity contribution < 1.29 is 8.42 Å². The van der Waals surface area contributed by atoms with E-state index in [1.165, 1.54) is 4.31 Å². The van der Waals surface area contributed by atoms with Crippen molar-refractivity contribution >= 4 is 26.0 Å². The quantitative estimate of drug-likeness (QED) is 0.892. The van der Waals surface area contributed by atoms with Gasteiger partial charge in [0.1, 0.15) is 0 Å². The zero-order valence-electron chi connectivity index (χ0n) is 11.2. The van der Waals surface area contributed by atoms with E-state index in [1.54, 1.807) is 6.07 Å². The molecule has 106 valence electrons. The zero-order chi connectivity index (χ0) is 14.2. The van der Waals surface area contributed by atoms with Crippen LogP contribution in [0, 0.1) is 13.8 Å². The Hall–Kier alpha value is -0.430. The maximum Gasteiger partial charge on any atom is 0.243 e. The molecule has 2 rings (SSSR count). The molecule has 1 unspecified atom stereocenters. The van der Waals surface area contributed by atoms with Crippen molar-refractivity contribution in [3.63, 3.8) is 0 Å². The topological polar surface area (TPSA) is 63.4 Å². The summed E-state index contributed by atoms with van der Waals surface area (Å²) in [6.07, 6.45) is 1.72.